The number of fused-ring (bicyclic) bond motifs is 1. The molecular weight excluding hydrogens is 246 g/mol. The number of methoxy groups -OCH3 is 1. The van der Waals surface area contributed by atoms with Gasteiger partial charge >= 0.3 is 0 Å². The molecule has 2 heterocycles. The van der Waals surface area contributed by atoms with Crippen molar-refractivity contribution in [1.82, 2.24) is 9.66 Å². The molecule has 0 amide bonds. The van der Waals surface area contributed by atoms with E-state index in [-0.39, 0.29) is 0 Å². The molecule has 0 aliphatic carbocycles. The molecule has 0 atom stereocenters. The molecule has 1 aromatic heterocycles. The van der Waals surface area contributed by atoms with E-state index in [0.29, 0.717) is 0 Å². The fourth-order valence-corrected chi connectivity index (χ4v) is 2.88. The number of hydrogen-bond acceptors (Lipinski definition) is 3. The Kier molecular flexibility index (Phi) is 2.99. The lowest BCUT2D eigenvalue weighted by molar-refractivity contribution is 0.415. The van der Waals surface area contributed by atoms with E-state index < -0.39 is 0 Å². The van der Waals surface area contributed by atoms with Gasteiger partial charge in [0.2, 0.25) is 0 Å². The predicted molar refractivity (Wildman–Crippen MR) is 75.5 cm³/mol. The zero-order valence-electron chi connectivity index (χ0n) is 10.5. The summed E-state index contributed by atoms with van der Waals surface area (Å²) in [5.41, 5.74) is 2.16. The van der Waals surface area contributed by atoms with E-state index in [2.05, 4.69) is 14.7 Å². The first-order chi connectivity index (χ1) is 8.79. The summed E-state index contributed by atoms with van der Waals surface area (Å²) in [7, 11) is 1.69. The molecule has 18 heavy (non-hydrogen) atoms. The van der Waals surface area contributed by atoms with Crippen molar-refractivity contribution >= 4 is 23.3 Å². The highest BCUT2D eigenvalue weighted by atomic mass is 32.1. The second-order valence-corrected chi connectivity index (χ2v) is 5.03. The number of benzene rings is 1. The van der Waals surface area contributed by atoms with Crippen LogP contribution in [0.5, 0.6) is 5.75 Å². The lowest BCUT2D eigenvalue weighted by atomic mass is 10.2. The molecule has 0 radical (unpaired) electrons. The normalized spacial score (nSPS) is 16.2. The molecule has 1 aliphatic heterocycles. The van der Waals surface area contributed by atoms with Crippen LogP contribution in [0.1, 0.15) is 19.3 Å². The van der Waals surface area contributed by atoms with Crippen LogP contribution in [0.3, 0.4) is 0 Å². The predicted octanol–water partition coefficient (Wildman–Crippen LogP) is 2.83. The second kappa shape index (κ2) is 4.65. The van der Waals surface area contributed by atoms with E-state index in [1.54, 1.807) is 7.11 Å². The summed E-state index contributed by atoms with van der Waals surface area (Å²) >= 11 is 5.44. The Morgan fingerprint density at radius 1 is 1.22 bits per heavy atom. The largest absolute Gasteiger partial charge is 0.497 e. The minimum absolute atomic E-state index is 0.764. The van der Waals surface area contributed by atoms with Crippen LogP contribution in [0.2, 0.25) is 0 Å². The van der Waals surface area contributed by atoms with E-state index in [4.69, 9.17) is 17.0 Å². The van der Waals surface area contributed by atoms with Gasteiger partial charge in [-0.05, 0) is 43.6 Å². The van der Waals surface area contributed by atoms with Crippen molar-refractivity contribution in [3.63, 3.8) is 0 Å². The molecule has 5 heteroatoms. The van der Waals surface area contributed by atoms with Gasteiger partial charge in [-0.2, -0.15) is 0 Å². The third-order valence-electron chi connectivity index (χ3n) is 3.48. The minimum Gasteiger partial charge on any atom is -0.497 e. The molecule has 4 nitrogen and oxygen atoms in total. The van der Waals surface area contributed by atoms with E-state index in [1.807, 2.05) is 18.2 Å². The average molecular weight is 263 g/mol. The summed E-state index contributed by atoms with van der Waals surface area (Å²) in [6, 6.07) is 6.01. The first-order valence-electron chi connectivity index (χ1n) is 6.33. The third-order valence-corrected chi connectivity index (χ3v) is 3.76. The molecule has 3 rings (SSSR count). The van der Waals surface area contributed by atoms with Gasteiger partial charge in [-0.3, -0.25) is 0 Å². The molecule has 0 saturated carbocycles. The Hall–Kier alpha value is -1.49. The second-order valence-electron chi connectivity index (χ2n) is 4.64. The number of aromatic nitrogens is 2. The first kappa shape index (κ1) is 11.6. The van der Waals surface area contributed by atoms with Gasteiger partial charge < -0.3 is 14.7 Å². The van der Waals surface area contributed by atoms with Crippen LogP contribution in [0.15, 0.2) is 18.2 Å². The molecule has 1 aliphatic rings. The topological polar surface area (TPSA) is 33.2 Å². The molecule has 96 valence electrons. The summed E-state index contributed by atoms with van der Waals surface area (Å²) < 4.78 is 8.18. The van der Waals surface area contributed by atoms with Gasteiger partial charge in [0, 0.05) is 19.2 Å². The van der Waals surface area contributed by atoms with Crippen LogP contribution in [-0.2, 0) is 0 Å². The zero-order valence-corrected chi connectivity index (χ0v) is 11.3. The zero-order chi connectivity index (χ0) is 12.5. The number of nitrogens with one attached hydrogen (secondary N) is 1. The van der Waals surface area contributed by atoms with E-state index >= 15 is 0 Å². The van der Waals surface area contributed by atoms with E-state index in [9.17, 15) is 0 Å². The fourth-order valence-electron chi connectivity index (χ4n) is 2.55. The number of ether oxygens (including phenoxy) is 1. The molecule has 0 unspecified atom stereocenters. The van der Waals surface area contributed by atoms with Gasteiger partial charge in [-0.1, -0.05) is 0 Å². The quantitative estimate of drug-likeness (QED) is 0.846. The highest BCUT2D eigenvalue weighted by molar-refractivity contribution is 7.71. The van der Waals surface area contributed by atoms with Crippen molar-refractivity contribution in [3.05, 3.63) is 23.0 Å². The number of piperidine rings is 1. The summed E-state index contributed by atoms with van der Waals surface area (Å²) in [6.07, 6.45) is 3.78. The van der Waals surface area contributed by atoms with Gasteiger partial charge in [-0.25, -0.2) is 4.68 Å². The molecule has 0 spiro atoms. The highest BCUT2D eigenvalue weighted by Gasteiger charge is 2.15. The number of rotatable bonds is 2. The van der Waals surface area contributed by atoms with Crippen molar-refractivity contribution < 1.29 is 4.74 Å². The Morgan fingerprint density at radius 2 is 2.00 bits per heavy atom. The highest BCUT2D eigenvalue weighted by Crippen LogP contribution is 2.22. The van der Waals surface area contributed by atoms with Crippen LogP contribution in [0, 0.1) is 4.77 Å². The van der Waals surface area contributed by atoms with Gasteiger partial charge in [0.15, 0.2) is 4.77 Å². The van der Waals surface area contributed by atoms with Crippen molar-refractivity contribution in [3.8, 4) is 5.75 Å². The van der Waals surface area contributed by atoms with Crippen molar-refractivity contribution in [1.29, 1.82) is 0 Å². The minimum atomic E-state index is 0.764. The molecule has 1 saturated heterocycles. The lowest BCUT2D eigenvalue weighted by Crippen LogP contribution is -2.39. The Bertz CT molecular complexity index is 610. The third kappa shape index (κ3) is 1.88. The SMILES string of the molecule is COc1ccc2[nH]c(=S)n(N3CCCCC3)c2c1. The summed E-state index contributed by atoms with van der Waals surface area (Å²) in [5.74, 6) is 0.863. The fraction of sp³-hybridized carbons (Fsp3) is 0.462. The maximum atomic E-state index is 5.44. The van der Waals surface area contributed by atoms with Gasteiger partial charge in [0.05, 0.1) is 18.1 Å². The van der Waals surface area contributed by atoms with Gasteiger partial charge in [-0.15, -0.1) is 0 Å². The number of aromatic amines is 1. The Balaban J connectivity index is 2.13. The van der Waals surface area contributed by atoms with Gasteiger partial charge in [0.1, 0.15) is 5.75 Å². The number of hydrogen-bond donors (Lipinski definition) is 1. The summed E-state index contributed by atoms with van der Waals surface area (Å²) in [5, 5.41) is 2.32. The molecule has 0 bridgehead atoms. The van der Waals surface area contributed by atoms with Crippen molar-refractivity contribution in [2.24, 2.45) is 0 Å². The maximum Gasteiger partial charge on any atom is 0.197 e. The first-order valence-corrected chi connectivity index (χ1v) is 6.74. The Labute approximate surface area is 111 Å². The Morgan fingerprint density at radius 3 is 2.72 bits per heavy atom. The molecule has 2 aromatic rings. The smallest absolute Gasteiger partial charge is 0.197 e. The monoisotopic (exact) mass is 263 g/mol. The van der Waals surface area contributed by atoms with Crippen LogP contribution in [0.4, 0.5) is 0 Å². The van der Waals surface area contributed by atoms with Crippen LogP contribution >= 0.6 is 12.2 Å². The molecule has 1 aromatic carbocycles. The standard InChI is InChI=1S/C13H17N3OS/c1-17-10-5-6-11-12(9-10)16(13(18)14-11)15-7-3-2-4-8-15/h5-6,9H,2-4,7-8H2,1H3,(H,14,18). The lowest BCUT2D eigenvalue weighted by Gasteiger charge is -2.29. The number of nitrogens with zero attached hydrogens (tertiary/aromatic N) is 2. The molecule has 1 fully saturated rings. The van der Waals surface area contributed by atoms with E-state index in [0.717, 1.165) is 34.6 Å². The van der Waals surface area contributed by atoms with Crippen LogP contribution < -0.4 is 9.75 Å². The van der Waals surface area contributed by atoms with Gasteiger partial charge in [0.25, 0.3) is 0 Å². The summed E-state index contributed by atoms with van der Waals surface area (Å²) in [4.78, 5) is 3.26. The van der Waals surface area contributed by atoms with Crippen LogP contribution in [-0.4, -0.2) is 29.9 Å². The van der Waals surface area contributed by atoms with Crippen molar-refractivity contribution in [2.45, 2.75) is 19.3 Å². The summed E-state index contributed by atoms with van der Waals surface area (Å²) in [6.45, 7) is 2.14. The maximum absolute atomic E-state index is 5.44. The molecular formula is C13H17N3OS. The van der Waals surface area contributed by atoms with E-state index in [1.165, 1.54) is 19.3 Å². The number of H-pyrrole nitrogens is 1. The number of imidazole rings is 1. The molecule has 1 N–H and O–H groups in total. The van der Waals surface area contributed by atoms with Crippen molar-refractivity contribution in [2.75, 3.05) is 25.2 Å². The van der Waals surface area contributed by atoms with Crippen LogP contribution in [0.25, 0.3) is 11.0 Å². The average Bonchev–Trinajstić information content (AvgIpc) is 2.74.